The van der Waals surface area contributed by atoms with Gasteiger partial charge in [-0.3, -0.25) is 4.90 Å². The highest BCUT2D eigenvalue weighted by Gasteiger charge is 2.19. The van der Waals surface area contributed by atoms with E-state index in [-0.39, 0.29) is 5.82 Å². The molecule has 2 rings (SSSR count). The molecule has 0 atom stereocenters. The third-order valence-electron chi connectivity index (χ3n) is 3.51. The molecule has 0 radical (unpaired) electrons. The molecule has 0 bridgehead atoms. The molecule has 1 aromatic rings. The van der Waals surface area contributed by atoms with Crippen LogP contribution in [0.15, 0.2) is 24.3 Å². The fraction of sp³-hybridized carbons (Fsp3) is 0.500. The monoisotopic (exact) mass is 235 g/mol. The summed E-state index contributed by atoms with van der Waals surface area (Å²) in [5, 5.41) is 0. The van der Waals surface area contributed by atoms with E-state index in [1.54, 1.807) is 6.07 Å². The minimum Gasteiger partial charge on any atom is -0.302 e. The van der Waals surface area contributed by atoms with Crippen LogP contribution in [-0.4, -0.2) is 30.8 Å². The number of carbonyl (C=O) groups excluding carboxylic acids is 1. The Hall–Kier alpha value is -1.22. The maximum absolute atomic E-state index is 13.5. The molecule has 17 heavy (non-hydrogen) atoms. The van der Waals surface area contributed by atoms with Crippen LogP contribution in [-0.2, 0) is 11.2 Å². The first-order valence-corrected chi connectivity index (χ1v) is 6.19. The molecule has 1 aromatic carbocycles. The van der Waals surface area contributed by atoms with Gasteiger partial charge in [0.2, 0.25) is 0 Å². The van der Waals surface area contributed by atoms with Gasteiger partial charge in [-0.1, -0.05) is 18.2 Å². The predicted octanol–water partition coefficient (Wildman–Crippen LogP) is 2.28. The molecule has 0 saturated carbocycles. The number of hydrogen-bond acceptors (Lipinski definition) is 2. The van der Waals surface area contributed by atoms with Gasteiger partial charge in [-0.25, -0.2) is 4.39 Å². The average Bonchev–Trinajstić information content (AvgIpc) is 2.35. The van der Waals surface area contributed by atoms with Crippen LogP contribution in [0.5, 0.6) is 0 Å². The van der Waals surface area contributed by atoms with Gasteiger partial charge >= 0.3 is 0 Å². The Morgan fingerprint density at radius 1 is 1.29 bits per heavy atom. The Morgan fingerprint density at radius 2 is 2.00 bits per heavy atom. The van der Waals surface area contributed by atoms with Gasteiger partial charge in [-0.2, -0.15) is 0 Å². The number of aldehydes is 1. The molecule has 1 saturated heterocycles. The second-order valence-electron chi connectivity index (χ2n) is 4.71. The number of hydrogen-bond donors (Lipinski definition) is 0. The fourth-order valence-corrected chi connectivity index (χ4v) is 2.45. The van der Waals surface area contributed by atoms with E-state index in [0.29, 0.717) is 12.5 Å². The molecule has 1 aliphatic heterocycles. The van der Waals surface area contributed by atoms with Crippen LogP contribution in [0.25, 0.3) is 0 Å². The molecule has 0 N–H and O–H groups in total. The van der Waals surface area contributed by atoms with Gasteiger partial charge in [0.05, 0.1) is 6.54 Å². The maximum Gasteiger partial charge on any atom is 0.133 e. The van der Waals surface area contributed by atoms with Crippen molar-refractivity contribution < 1.29 is 9.18 Å². The van der Waals surface area contributed by atoms with Crippen molar-refractivity contribution in [1.82, 2.24) is 4.90 Å². The zero-order valence-electron chi connectivity index (χ0n) is 9.94. The second kappa shape index (κ2) is 5.92. The lowest BCUT2D eigenvalue weighted by atomic mass is 9.90. The van der Waals surface area contributed by atoms with Crippen LogP contribution in [0, 0.1) is 11.7 Å². The molecule has 2 nitrogen and oxygen atoms in total. The quantitative estimate of drug-likeness (QED) is 0.746. The van der Waals surface area contributed by atoms with Gasteiger partial charge in [0.15, 0.2) is 0 Å². The summed E-state index contributed by atoms with van der Waals surface area (Å²) >= 11 is 0. The Balaban J connectivity index is 1.86. The van der Waals surface area contributed by atoms with E-state index >= 15 is 0 Å². The summed E-state index contributed by atoms with van der Waals surface area (Å²) < 4.78 is 13.5. The third kappa shape index (κ3) is 3.37. The molecule has 0 unspecified atom stereocenters. The molecular formula is C14H18FNO. The van der Waals surface area contributed by atoms with Crippen LogP contribution in [0.1, 0.15) is 18.4 Å². The van der Waals surface area contributed by atoms with Gasteiger partial charge in [-0.15, -0.1) is 0 Å². The van der Waals surface area contributed by atoms with Crippen LogP contribution < -0.4 is 0 Å². The van der Waals surface area contributed by atoms with Crippen molar-refractivity contribution in [3.05, 3.63) is 35.6 Å². The summed E-state index contributed by atoms with van der Waals surface area (Å²) in [5.74, 6) is 0.456. The molecule has 92 valence electrons. The first-order valence-electron chi connectivity index (χ1n) is 6.19. The van der Waals surface area contributed by atoms with Crippen molar-refractivity contribution >= 4 is 6.29 Å². The van der Waals surface area contributed by atoms with Gasteiger partial charge < -0.3 is 4.79 Å². The Labute approximate surface area is 101 Å². The molecule has 0 amide bonds. The Morgan fingerprint density at radius 3 is 2.65 bits per heavy atom. The second-order valence-corrected chi connectivity index (χ2v) is 4.71. The van der Waals surface area contributed by atoms with E-state index in [4.69, 9.17) is 0 Å². The van der Waals surface area contributed by atoms with Crippen molar-refractivity contribution in [2.75, 3.05) is 19.6 Å². The summed E-state index contributed by atoms with van der Waals surface area (Å²) in [6, 6.07) is 7.01. The van der Waals surface area contributed by atoms with E-state index in [0.717, 1.165) is 44.2 Å². The van der Waals surface area contributed by atoms with Crippen LogP contribution >= 0.6 is 0 Å². The number of nitrogens with zero attached hydrogens (tertiary/aromatic N) is 1. The van der Waals surface area contributed by atoms with Gasteiger partial charge in [0.25, 0.3) is 0 Å². The number of rotatable bonds is 4. The lowest BCUT2D eigenvalue weighted by Gasteiger charge is -2.30. The zero-order chi connectivity index (χ0) is 12.1. The van der Waals surface area contributed by atoms with Crippen LogP contribution in [0.3, 0.4) is 0 Å². The van der Waals surface area contributed by atoms with E-state index in [1.165, 1.54) is 6.07 Å². The highest BCUT2D eigenvalue weighted by atomic mass is 19.1. The van der Waals surface area contributed by atoms with Crippen molar-refractivity contribution in [2.45, 2.75) is 19.3 Å². The van der Waals surface area contributed by atoms with Gasteiger partial charge in [0.1, 0.15) is 12.1 Å². The molecule has 0 aliphatic carbocycles. The standard InChI is InChI=1S/C14H18FNO/c15-14-4-2-1-3-13(14)11-12-5-7-16(8-6-12)9-10-17/h1-4,10,12H,5-9,11H2. The number of halogens is 1. The number of piperidine rings is 1. The van der Waals surface area contributed by atoms with Crippen molar-refractivity contribution in [3.8, 4) is 0 Å². The maximum atomic E-state index is 13.5. The minimum atomic E-state index is -0.0946. The zero-order valence-corrected chi connectivity index (χ0v) is 9.94. The molecule has 3 heteroatoms. The molecular weight excluding hydrogens is 217 g/mol. The SMILES string of the molecule is O=CCN1CCC(Cc2ccccc2F)CC1. The highest BCUT2D eigenvalue weighted by Crippen LogP contribution is 2.22. The van der Waals surface area contributed by atoms with E-state index in [9.17, 15) is 9.18 Å². The smallest absolute Gasteiger partial charge is 0.133 e. The predicted molar refractivity (Wildman–Crippen MR) is 65.3 cm³/mol. The summed E-state index contributed by atoms with van der Waals surface area (Å²) in [7, 11) is 0. The van der Waals surface area contributed by atoms with E-state index in [1.807, 2.05) is 12.1 Å². The Kier molecular flexibility index (Phi) is 4.26. The number of carbonyl (C=O) groups is 1. The molecule has 1 heterocycles. The van der Waals surface area contributed by atoms with Crippen molar-refractivity contribution in [1.29, 1.82) is 0 Å². The van der Waals surface area contributed by atoms with Crippen LogP contribution in [0.4, 0.5) is 4.39 Å². The molecule has 0 spiro atoms. The average molecular weight is 235 g/mol. The highest BCUT2D eigenvalue weighted by molar-refractivity contribution is 5.51. The third-order valence-corrected chi connectivity index (χ3v) is 3.51. The summed E-state index contributed by atoms with van der Waals surface area (Å²) in [5.41, 5.74) is 0.821. The first kappa shape index (κ1) is 12.2. The van der Waals surface area contributed by atoms with Crippen LogP contribution in [0.2, 0.25) is 0 Å². The van der Waals surface area contributed by atoms with Crippen molar-refractivity contribution in [2.24, 2.45) is 5.92 Å². The topological polar surface area (TPSA) is 20.3 Å². The summed E-state index contributed by atoms with van der Waals surface area (Å²) in [6.07, 6.45) is 3.89. The lowest BCUT2D eigenvalue weighted by molar-refractivity contribution is -0.109. The summed E-state index contributed by atoms with van der Waals surface area (Å²) in [4.78, 5) is 12.6. The number of benzene rings is 1. The van der Waals surface area contributed by atoms with E-state index in [2.05, 4.69) is 4.90 Å². The van der Waals surface area contributed by atoms with E-state index < -0.39 is 0 Å². The van der Waals surface area contributed by atoms with Crippen molar-refractivity contribution in [3.63, 3.8) is 0 Å². The number of likely N-dealkylation sites (tertiary alicyclic amines) is 1. The largest absolute Gasteiger partial charge is 0.302 e. The molecule has 1 aliphatic rings. The molecule has 0 aromatic heterocycles. The van der Waals surface area contributed by atoms with Gasteiger partial charge in [-0.05, 0) is 49.9 Å². The minimum absolute atomic E-state index is 0.0946. The fourth-order valence-electron chi connectivity index (χ4n) is 2.45. The first-order chi connectivity index (χ1) is 8.29. The lowest BCUT2D eigenvalue weighted by Crippen LogP contribution is -2.35. The Bertz CT molecular complexity index is 372. The normalized spacial score (nSPS) is 18.2. The summed E-state index contributed by atoms with van der Waals surface area (Å²) in [6.45, 7) is 2.45. The molecule has 1 fully saturated rings. The van der Waals surface area contributed by atoms with Gasteiger partial charge in [0, 0.05) is 0 Å².